The van der Waals surface area contributed by atoms with Gasteiger partial charge >= 0.3 is 0 Å². The number of rotatable bonds is 6. The highest BCUT2D eigenvalue weighted by molar-refractivity contribution is 5.95. The summed E-state index contributed by atoms with van der Waals surface area (Å²) in [6, 6.07) is 10.1. The third-order valence-corrected chi connectivity index (χ3v) is 5.80. The van der Waals surface area contributed by atoms with E-state index < -0.39 is 0 Å². The van der Waals surface area contributed by atoms with Gasteiger partial charge in [-0.2, -0.15) is 0 Å². The van der Waals surface area contributed by atoms with Gasteiger partial charge in [0.25, 0.3) is 0 Å². The van der Waals surface area contributed by atoms with Crippen molar-refractivity contribution < 1.29 is 9.32 Å². The van der Waals surface area contributed by atoms with E-state index >= 15 is 0 Å². The van der Waals surface area contributed by atoms with E-state index in [1.807, 2.05) is 36.2 Å². The Morgan fingerprint density at radius 2 is 2.00 bits per heavy atom. The summed E-state index contributed by atoms with van der Waals surface area (Å²) < 4.78 is 4.91. The van der Waals surface area contributed by atoms with Crippen molar-refractivity contribution in [2.75, 3.05) is 51.2 Å². The number of aliphatic imine (C=N–C) groups is 1. The molecule has 1 aromatic heterocycles. The Morgan fingerprint density at radius 3 is 2.77 bits per heavy atom. The fraction of sp³-hybridized carbons (Fsp3) is 0.500. The van der Waals surface area contributed by atoms with Crippen LogP contribution in [0.25, 0.3) is 0 Å². The van der Waals surface area contributed by atoms with Crippen molar-refractivity contribution in [3.05, 3.63) is 47.9 Å². The first-order valence-corrected chi connectivity index (χ1v) is 10.7. The molecular weight excluding hydrogens is 380 g/mol. The quantitative estimate of drug-likeness (QED) is 0.444. The number of carbonyl (C=O) groups excluding carboxylic acids is 1. The molecule has 0 unspecified atom stereocenters. The first kappa shape index (κ1) is 20.4. The Kier molecular flexibility index (Phi) is 6.63. The fourth-order valence-electron chi connectivity index (χ4n) is 4.17. The minimum Gasteiger partial charge on any atom is -0.364 e. The maximum Gasteiger partial charge on any atom is 0.227 e. The Morgan fingerprint density at radius 1 is 1.17 bits per heavy atom. The molecular formula is C22H30N6O2. The molecule has 3 heterocycles. The monoisotopic (exact) mass is 410 g/mol. The van der Waals surface area contributed by atoms with Crippen LogP contribution in [-0.4, -0.2) is 73.1 Å². The maximum atomic E-state index is 12.6. The van der Waals surface area contributed by atoms with Crippen molar-refractivity contribution in [3.8, 4) is 0 Å². The summed E-state index contributed by atoms with van der Waals surface area (Å²) in [4.78, 5) is 23.6. The Hall–Kier alpha value is -2.87. The number of piperazine rings is 1. The molecule has 1 aromatic carbocycles. The molecule has 1 N–H and O–H groups in total. The number of hydrogen-bond acceptors (Lipinski definition) is 5. The van der Waals surface area contributed by atoms with Gasteiger partial charge in [0, 0.05) is 71.0 Å². The number of carbonyl (C=O) groups is 1. The molecule has 8 nitrogen and oxygen atoms in total. The van der Waals surface area contributed by atoms with Gasteiger partial charge in [0.05, 0.1) is 5.69 Å². The molecule has 0 spiro atoms. The second kappa shape index (κ2) is 9.75. The zero-order valence-corrected chi connectivity index (χ0v) is 17.6. The van der Waals surface area contributed by atoms with Crippen LogP contribution in [0.5, 0.6) is 0 Å². The normalized spacial score (nSPS) is 17.3. The predicted octanol–water partition coefficient (Wildman–Crippen LogP) is 1.74. The minimum atomic E-state index is 0.207. The number of aromatic nitrogens is 1. The predicted molar refractivity (Wildman–Crippen MR) is 116 cm³/mol. The molecule has 2 aliphatic heterocycles. The van der Waals surface area contributed by atoms with E-state index in [0.29, 0.717) is 6.42 Å². The van der Waals surface area contributed by atoms with E-state index in [1.165, 1.54) is 5.56 Å². The number of hydrogen-bond donors (Lipinski definition) is 1. The van der Waals surface area contributed by atoms with E-state index in [4.69, 9.17) is 4.52 Å². The summed E-state index contributed by atoms with van der Waals surface area (Å²) in [5.41, 5.74) is 3.32. The van der Waals surface area contributed by atoms with Crippen molar-refractivity contribution in [1.29, 1.82) is 0 Å². The smallest absolute Gasteiger partial charge is 0.227 e. The minimum absolute atomic E-state index is 0.207. The van der Waals surface area contributed by atoms with Crippen molar-refractivity contribution in [1.82, 2.24) is 20.3 Å². The number of anilines is 1. The Labute approximate surface area is 177 Å². The van der Waals surface area contributed by atoms with Crippen LogP contribution in [0.1, 0.15) is 24.1 Å². The average Bonchev–Trinajstić information content (AvgIpc) is 3.44. The summed E-state index contributed by atoms with van der Waals surface area (Å²) in [6.07, 6.45) is 3.91. The van der Waals surface area contributed by atoms with Crippen molar-refractivity contribution in [2.45, 2.75) is 25.8 Å². The third-order valence-electron chi connectivity index (χ3n) is 5.80. The van der Waals surface area contributed by atoms with Gasteiger partial charge in [0.15, 0.2) is 5.96 Å². The number of fused-ring (bicyclic) bond motifs is 1. The number of nitrogens with zero attached hydrogens (tertiary/aromatic N) is 5. The molecule has 2 aliphatic rings. The maximum absolute atomic E-state index is 12.6. The lowest BCUT2D eigenvalue weighted by Crippen LogP contribution is -2.52. The van der Waals surface area contributed by atoms with Crippen LogP contribution >= 0.6 is 0 Å². The first-order chi connectivity index (χ1) is 14.7. The Balaban J connectivity index is 1.17. The van der Waals surface area contributed by atoms with Crippen molar-refractivity contribution in [2.24, 2.45) is 4.99 Å². The van der Waals surface area contributed by atoms with E-state index in [2.05, 4.69) is 31.3 Å². The summed E-state index contributed by atoms with van der Waals surface area (Å²) in [5.74, 6) is 1.12. The topological polar surface area (TPSA) is 77.2 Å². The van der Waals surface area contributed by atoms with Gasteiger partial charge in [-0.25, -0.2) is 0 Å². The summed E-state index contributed by atoms with van der Waals surface area (Å²) in [5, 5.41) is 7.41. The van der Waals surface area contributed by atoms with Gasteiger partial charge in [-0.1, -0.05) is 23.4 Å². The molecule has 0 aliphatic carbocycles. The van der Waals surface area contributed by atoms with Crippen LogP contribution < -0.4 is 10.2 Å². The molecule has 160 valence electrons. The standard InChI is InChI=1S/C22H30N6O2/c1-23-22(27-14-12-26(13-15-27)17-19-9-16-30-25-19)24-10-4-7-21(29)28-11-8-18-5-2-3-6-20(18)28/h2-3,5-6,9,16H,4,7-8,10-15,17H2,1H3,(H,23,24). The van der Waals surface area contributed by atoms with Gasteiger partial charge in [0.1, 0.15) is 6.26 Å². The van der Waals surface area contributed by atoms with Crippen LogP contribution in [0.3, 0.4) is 0 Å². The van der Waals surface area contributed by atoms with Crippen molar-refractivity contribution in [3.63, 3.8) is 0 Å². The van der Waals surface area contributed by atoms with E-state index in [9.17, 15) is 4.79 Å². The highest BCUT2D eigenvalue weighted by Gasteiger charge is 2.24. The molecule has 8 heteroatoms. The molecule has 2 aromatic rings. The largest absolute Gasteiger partial charge is 0.364 e. The van der Waals surface area contributed by atoms with Crippen LogP contribution in [0.15, 0.2) is 46.1 Å². The number of amides is 1. The van der Waals surface area contributed by atoms with Gasteiger partial charge in [-0.15, -0.1) is 0 Å². The Bertz CT molecular complexity index is 858. The molecule has 1 fully saturated rings. The van der Waals surface area contributed by atoms with Crippen molar-refractivity contribution >= 4 is 17.6 Å². The lowest BCUT2D eigenvalue weighted by molar-refractivity contribution is -0.118. The van der Waals surface area contributed by atoms with Gasteiger partial charge in [0.2, 0.25) is 5.91 Å². The molecule has 1 saturated heterocycles. The van der Waals surface area contributed by atoms with Crippen LogP contribution in [0.2, 0.25) is 0 Å². The average molecular weight is 411 g/mol. The molecule has 4 rings (SSSR count). The van der Waals surface area contributed by atoms with Crippen LogP contribution in [-0.2, 0) is 17.8 Å². The van der Waals surface area contributed by atoms with E-state index in [1.54, 1.807) is 6.26 Å². The second-order valence-corrected chi connectivity index (χ2v) is 7.76. The lowest BCUT2D eigenvalue weighted by Gasteiger charge is -2.36. The zero-order valence-electron chi connectivity index (χ0n) is 17.6. The van der Waals surface area contributed by atoms with Gasteiger partial charge < -0.3 is 19.6 Å². The van der Waals surface area contributed by atoms with Crippen LogP contribution in [0, 0.1) is 0 Å². The highest BCUT2D eigenvalue weighted by atomic mass is 16.5. The molecule has 0 bridgehead atoms. The van der Waals surface area contributed by atoms with Gasteiger partial charge in [-0.3, -0.25) is 14.7 Å². The van der Waals surface area contributed by atoms with E-state index in [0.717, 1.165) is 76.0 Å². The summed E-state index contributed by atoms with van der Waals surface area (Å²) >= 11 is 0. The number of para-hydroxylation sites is 1. The number of benzene rings is 1. The fourth-order valence-corrected chi connectivity index (χ4v) is 4.17. The number of nitrogens with one attached hydrogen (secondary N) is 1. The lowest BCUT2D eigenvalue weighted by atomic mass is 10.2. The SMILES string of the molecule is CN=C(NCCCC(=O)N1CCc2ccccc21)N1CCN(Cc2ccon2)CC1. The van der Waals surface area contributed by atoms with Crippen LogP contribution in [0.4, 0.5) is 5.69 Å². The number of guanidine groups is 1. The summed E-state index contributed by atoms with van der Waals surface area (Å²) in [7, 11) is 1.82. The highest BCUT2D eigenvalue weighted by Crippen LogP contribution is 2.27. The second-order valence-electron chi connectivity index (χ2n) is 7.76. The molecule has 0 atom stereocenters. The molecule has 30 heavy (non-hydrogen) atoms. The zero-order chi connectivity index (χ0) is 20.8. The third kappa shape index (κ3) is 4.81. The van der Waals surface area contributed by atoms with Gasteiger partial charge in [-0.05, 0) is 24.5 Å². The summed E-state index contributed by atoms with van der Waals surface area (Å²) in [6.45, 7) is 6.11. The molecule has 1 amide bonds. The van der Waals surface area contributed by atoms with E-state index in [-0.39, 0.29) is 5.91 Å². The first-order valence-electron chi connectivity index (χ1n) is 10.7. The molecule has 0 radical (unpaired) electrons. The molecule has 0 saturated carbocycles.